The van der Waals surface area contributed by atoms with Gasteiger partial charge in [0.25, 0.3) is 0 Å². The predicted molar refractivity (Wildman–Crippen MR) is 121 cm³/mol. The Morgan fingerprint density at radius 2 is 2.03 bits per heavy atom. The van der Waals surface area contributed by atoms with Crippen LogP contribution in [0.1, 0.15) is 79.1 Å². The molecule has 1 N–H and O–H groups in total. The molecule has 5 nitrogen and oxygen atoms in total. The van der Waals surface area contributed by atoms with E-state index in [1.807, 2.05) is 13.8 Å². The second-order valence-electron chi connectivity index (χ2n) is 11.1. The summed E-state index contributed by atoms with van der Waals surface area (Å²) in [5, 5.41) is 20.1. The molecule has 3 saturated carbocycles. The summed E-state index contributed by atoms with van der Waals surface area (Å²) in [6.07, 6.45) is 12.6. The summed E-state index contributed by atoms with van der Waals surface area (Å²) in [4.78, 5) is 13.2. The van der Waals surface area contributed by atoms with Crippen molar-refractivity contribution in [1.82, 2.24) is 5.12 Å². The molecule has 0 aromatic heterocycles. The highest BCUT2D eigenvalue weighted by Crippen LogP contribution is 2.66. The minimum absolute atomic E-state index is 0.0391. The lowest BCUT2D eigenvalue weighted by Crippen LogP contribution is -2.51. The van der Waals surface area contributed by atoms with E-state index in [0.717, 1.165) is 38.5 Å². The average molecular weight is 414 g/mol. The molecule has 30 heavy (non-hydrogen) atoms. The van der Waals surface area contributed by atoms with Crippen molar-refractivity contribution in [1.29, 1.82) is 0 Å². The Morgan fingerprint density at radius 3 is 2.73 bits per heavy atom. The fourth-order valence-corrected chi connectivity index (χ4v) is 7.74. The molecule has 5 heteroatoms. The van der Waals surface area contributed by atoms with Crippen molar-refractivity contribution in [3.8, 4) is 0 Å². The van der Waals surface area contributed by atoms with Crippen LogP contribution in [0.5, 0.6) is 0 Å². The molecule has 0 heterocycles. The molecule has 4 aliphatic rings. The van der Waals surface area contributed by atoms with Gasteiger partial charge in [0, 0.05) is 18.9 Å². The number of Topliss-reactive ketones (excluding diaryl/α,β-unsaturated/α-hetero) is 1. The summed E-state index contributed by atoms with van der Waals surface area (Å²) in [6, 6.07) is 0. The summed E-state index contributed by atoms with van der Waals surface area (Å²) in [5.41, 5.74) is 1.43. The van der Waals surface area contributed by atoms with Crippen molar-refractivity contribution >= 4 is 18.7 Å². The molecule has 0 spiro atoms. The van der Waals surface area contributed by atoms with Gasteiger partial charge in [-0.2, -0.15) is 15.3 Å². The van der Waals surface area contributed by atoms with Gasteiger partial charge >= 0.3 is 0 Å². The minimum atomic E-state index is -0.502. The summed E-state index contributed by atoms with van der Waals surface area (Å²) in [5.74, 6) is 2.11. The van der Waals surface area contributed by atoms with E-state index in [1.54, 1.807) is 11.8 Å². The maximum Gasteiger partial charge on any atom is 0.159 e. The zero-order valence-electron chi connectivity index (χ0n) is 19.2. The number of nitrogens with zero attached hydrogens (tertiary/aromatic N) is 3. The van der Waals surface area contributed by atoms with Gasteiger partial charge in [-0.1, -0.05) is 25.5 Å². The van der Waals surface area contributed by atoms with Crippen LogP contribution < -0.4 is 0 Å². The van der Waals surface area contributed by atoms with Gasteiger partial charge in [0.15, 0.2) is 5.78 Å². The number of rotatable bonds is 5. The Morgan fingerprint density at radius 1 is 1.27 bits per heavy atom. The van der Waals surface area contributed by atoms with Crippen LogP contribution in [0.25, 0.3) is 0 Å². The molecule has 4 aliphatic carbocycles. The Labute approximate surface area is 181 Å². The molecule has 3 fully saturated rings. The van der Waals surface area contributed by atoms with Crippen LogP contribution in [0.2, 0.25) is 0 Å². The first-order valence-electron chi connectivity index (χ1n) is 11.8. The topological polar surface area (TPSA) is 65.3 Å². The lowest BCUT2D eigenvalue weighted by molar-refractivity contribution is -0.128. The minimum Gasteiger partial charge on any atom is -0.390 e. The highest BCUT2D eigenvalue weighted by atomic mass is 16.3. The summed E-state index contributed by atoms with van der Waals surface area (Å²) < 4.78 is 0. The number of carbonyl (C=O) groups excluding carboxylic acids is 1. The normalized spacial score (nSPS) is 45.3. The largest absolute Gasteiger partial charge is 0.390 e. The number of hydrazone groups is 2. The Hall–Kier alpha value is -1.49. The van der Waals surface area contributed by atoms with E-state index < -0.39 is 5.60 Å². The van der Waals surface area contributed by atoms with Gasteiger partial charge < -0.3 is 5.11 Å². The molecule has 0 saturated heterocycles. The molecular weight excluding hydrogens is 374 g/mol. The Bertz CT molecular complexity index is 772. The second-order valence-corrected chi connectivity index (χ2v) is 11.1. The van der Waals surface area contributed by atoms with E-state index >= 15 is 0 Å². The first-order chi connectivity index (χ1) is 14.1. The molecule has 0 unspecified atom stereocenters. The van der Waals surface area contributed by atoms with Gasteiger partial charge in [0.2, 0.25) is 0 Å². The zero-order valence-corrected chi connectivity index (χ0v) is 19.2. The van der Waals surface area contributed by atoms with E-state index in [1.165, 1.54) is 18.0 Å². The van der Waals surface area contributed by atoms with Gasteiger partial charge in [-0.15, -0.1) is 0 Å². The first-order valence-corrected chi connectivity index (χ1v) is 11.8. The number of ketones is 1. The van der Waals surface area contributed by atoms with Crippen LogP contribution in [0, 0.1) is 34.5 Å². The monoisotopic (exact) mass is 413 g/mol. The van der Waals surface area contributed by atoms with Gasteiger partial charge in [-0.3, -0.25) is 4.79 Å². The second kappa shape index (κ2) is 7.58. The van der Waals surface area contributed by atoms with Crippen LogP contribution in [0.15, 0.2) is 21.9 Å². The van der Waals surface area contributed by atoms with E-state index in [9.17, 15) is 9.90 Å². The molecule has 166 valence electrons. The third kappa shape index (κ3) is 3.37. The van der Waals surface area contributed by atoms with Gasteiger partial charge in [0.05, 0.1) is 5.60 Å². The van der Waals surface area contributed by atoms with Crippen molar-refractivity contribution in [2.75, 3.05) is 6.54 Å². The van der Waals surface area contributed by atoms with E-state index in [-0.39, 0.29) is 29.1 Å². The molecule has 0 bridgehead atoms. The lowest BCUT2D eigenvalue weighted by Gasteiger charge is -2.58. The summed E-state index contributed by atoms with van der Waals surface area (Å²) in [6.45, 7) is 12.4. The number of allylic oxidation sites excluding steroid dienone is 2. The predicted octanol–water partition coefficient (Wildman–Crippen LogP) is 4.81. The zero-order chi connectivity index (χ0) is 21.7. The molecule has 0 aliphatic heterocycles. The maximum absolute atomic E-state index is 13.2. The van der Waals surface area contributed by atoms with Crippen molar-refractivity contribution in [3.63, 3.8) is 0 Å². The third-order valence-electron chi connectivity index (χ3n) is 9.41. The van der Waals surface area contributed by atoms with Crippen LogP contribution in [-0.2, 0) is 4.79 Å². The van der Waals surface area contributed by atoms with Crippen LogP contribution in [0.3, 0.4) is 0 Å². The van der Waals surface area contributed by atoms with Crippen molar-refractivity contribution < 1.29 is 9.90 Å². The molecule has 4 rings (SSSR count). The SMILES string of the molecule is C=NN(CC(=O)[C@H]1CC[C@H]2[C@@H]3CC[C@@H]4C[C@](C)(O)CC[C@]4(C)C3=CC[C@]12C)/N=C\C. The number of aliphatic hydroxyl groups is 1. The van der Waals surface area contributed by atoms with Crippen molar-refractivity contribution in [2.45, 2.75) is 84.7 Å². The first kappa shape index (κ1) is 21.7. The van der Waals surface area contributed by atoms with E-state index in [4.69, 9.17) is 0 Å². The van der Waals surface area contributed by atoms with E-state index in [0.29, 0.717) is 17.8 Å². The molecule has 0 aromatic carbocycles. The average Bonchev–Trinajstić information content (AvgIpc) is 3.05. The number of hydrogen-bond acceptors (Lipinski definition) is 5. The van der Waals surface area contributed by atoms with Gasteiger partial charge in [0.1, 0.15) is 6.54 Å². The fourth-order valence-electron chi connectivity index (χ4n) is 7.74. The quantitative estimate of drug-likeness (QED) is 0.400. The molecule has 0 aromatic rings. The molecular formula is C25H39N3O2. The third-order valence-corrected chi connectivity index (χ3v) is 9.41. The Balaban J connectivity index is 1.57. The highest BCUT2D eigenvalue weighted by molar-refractivity contribution is 5.84. The van der Waals surface area contributed by atoms with Gasteiger partial charge in [-0.25, -0.2) is 0 Å². The van der Waals surface area contributed by atoms with E-state index in [2.05, 4.69) is 36.8 Å². The van der Waals surface area contributed by atoms with Gasteiger partial charge in [-0.05, 0) is 93.8 Å². The van der Waals surface area contributed by atoms with Crippen molar-refractivity contribution in [3.05, 3.63) is 11.6 Å². The highest BCUT2D eigenvalue weighted by Gasteiger charge is 2.59. The van der Waals surface area contributed by atoms with Crippen LogP contribution in [-0.4, -0.2) is 41.1 Å². The fraction of sp³-hybridized carbons (Fsp3) is 0.800. The number of carbonyl (C=O) groups is 1. The molecule has 0 amide bonds. The Kier molecular flexibility index (Phi) is 5.49. The number of hydrogen-bond donors (Lipinski definition) is 1. The van der Waals surface area contributed by atoms with Crippen LogP contribution in [0.4, 0.5) is 0 Å². The standard InChI is InChI=1S/C25H39N3O2/c1-6-27-28(26-5)16-22(29)21-10-9-19-18-8-7-17-15-23(2,30)13-14-24(17,3)20(18)11-12-25(19,21)4/h6,11,17-19,21,30H,5,7-10,12-16H2,1-4H3/b27-6-/t17-,18+,19+,21-,23-,24+,25+/m1/s1. The molecule has 7 atom stereocenters. The van der Waals surface area contributed by atoms with Crippen LogP contribution >= 0.6 is 0 Å². The number of fused-ring (bicyclic) bond motifs is 5. The molecule has 0 radical (unpaired) electrons. The maximum atomic E-state index is 13.2. The summed E-state index contributed by atoms with van der Waals surface area (Å²) in [7, 11) is 0. The van der Waals surface area contributed by atoms with Crippen molar-refractivity contribution in [2.24, 2.45) is 44.7 Å². The lowest BCUT2D eigenvalue weighted by atomic mass is 9.47. The summed E-state index contributed by atoms with van der Waals surface area (Å²) >= 11 is 0. The smallest absolute Gasteiger partial charge is 0.159 e.